The van der Waals surface area contributed by atoms with Crippen molar-refractivity contribution in [2.45, 2.75) is 24.9 Å². The molecule has 0 bridgehead atoms. The molecule has 3 rings (SSSR count). The van der Waals surface area contributed by atoms with Crippen molar-refractivity contribution >= 4 is 0 Å². The molecule has 0 saturated heterocycles. The zero-order chi connectivity index (χ0) is 13.3. The summed E-state index contributed by atoms with van der Waals surface area (Å²) in [5, 5.41) is 13.5. The smallest absolute Gasteiger partial charge is 0.0678 e. The number of aliphatic hydroxyl groups is 1. The molecule has 0 unspecified atom stereocenters. The van der Waals surface area contributed by atoms with E-state index in [1.165, 1.54) is 16.8 Å². The molecule has 0 fully saturated rings. The molecule has 1 aromatic carbocycles. The number of hydrogen-bond donors (Lipinski definition) is 2. The predicted molar refractivity (Wildman–Crippen MR) is 75.8 cm³/mol. The van der Waals surface area contributed by atoms with Crippen molar-refractivity contribution < 1.29 is 5.11 Å². The zero-order valence-corrected chi connectivity index (χ0v) is 11.3. The van der Waals surface area contributed by atoms with Gasteiger partial charge in [0.2, 0.25) is 0 Å². The van der Waals surface area contributed by atoms with Gasteiger partial charge >= 0.3 is 0 Å². The normalized spacial score (nSPS) is 21.6. The van der Waals surface area contributed by atoms with Crippen molar-refractivity contribution in [1.82, 2.24) is 9.88 Å². The van der Waals surface area contributed by atoms with Crippen LogP contribution < -0.4 is 5.32 Å². The summed E-state index contributed by atoms with van der Waals surface area (Å²) >= 11 is 0. The number of aliphatic hydroxyl groups excluding tert-OH is 1. The highest BCUT2D eigenvalue weighted by Gasteiger charge is 2.37. The Balaban J connectivity index is 1.84. The van der Waals surface area contributed by atoms with Gasteiger partial charge in [-0.05, 0) is 36.1 Å². The van der Waals surface area contributed by atoms with E-state index in [0.717, 1.165) is 19.4 Å². The Hall–Kier alpha value is -1.58. The first-order chi connectivity index (χ1) is 9.25. The minimum absolute atomic E-state index is 0.147. The van der Waals surface area contributed by atoms with Crippen LogP contribution in [0.15, 0.2) is 42.6 Å². The molecule has 0 saturated carbocycles. The van der Waals surface area contributed by atoms with Crippen LogP contribution in [0.2, 0.25) is 0 Å². The number of benzene rings is 1. The first-order valence-corrected chi connectivity index (χ1v) is 6.80. The standard InChI is InChI=1S/C16H20N2O/c1-18-10-4-6-14(18)11-17-16(12-19)9-8-13-5-2-3-7-15(13)16/h2-7,10,17,19H,8-9,11-12H2,1H3/t16-/m1/s1. The number of aromatic nitrogens is 1. The second kappa shape index (κ2) is 4.83. The lowest BCUT2D eigenvalue weighted by Crippen LogP contribution is -2.43. The number of rotatable bonds is 4. The highest BCUT2D eigenvalue weighted by molar-refractivity contribution is 5.39. The van der Waals surface area contributed by atoms with E-state index in [9.17, 15) is 5.11 Å². The van der Waals surface area contributed by atoms with Crippen molar-refractivity contribution in [3.8, 4) is 0 Å². The maximum absolute atomic E-state index is 9.89. The van der Waals surface area contributed by atoms with Crippen molar-refractivity contribution in [2.24, 2.45) is 7.05 Å². The number of fused-ring (bicyclic) bond motifs is 1. The number of aryl methyl sites for hydroxylation is 2. The third-order valence-corrected chi connectivity index (χ3v) is 4.28. The molecule has 2 aromatic rings. The molecule has 3 heteroatoms. The molecule has 1 aromatic heterocycles. The Morgan fingerprint density at radius 1 is 1.26 bits per heavy atom. The van der Waals surface area contributed by atoms with Crippen molar-refractivity contribution in [3.63, 3.8) is 0 Å². The molecule has 0 radical (unpaired) electrons. The number of nitrogens with zero attached hydrogens (tertiary/aromatic N) is 1. The highest BCUT2D eigenvalue weighted by atomic mass is 16.3. The van der Waals surface area contributed by atoms with Crippen molar-refractivity contribution in [2.75, 3.05) is 6.61 Å². The van der Waals surface area contributed by atoms with E-state index < -0.39 is 0 Å². The van der Waals surface area contributed by atoms with Crippen LogP contribution in [0.1, 0.15) is 23.2 Å². The Labute approximate surface area is 113 Å². The molecule has 0 aliphatic heterocycles. The average Bonchev–Trinajstić information content (AvgIpc) is 3.01. The van der Waals surface area contributed by atoms with E-state index in [-0.39, 0.29) is 12.1 Å². The lowest BCUT2D eigenvalue weighted by molar-refractivity contribution is 0.158. The van der Waals surface area contributed by atoms with Gasteiger partial charge in [0.15, 0.2) is 0 Å². The fourth-order valence-corrected chi connectivity index (χ4v) is 3.03. The van der Waals surface area contributed by atoms with Crippen molar-refractivity contribution in [1.29, 1.82) is 0 Å². The van der Waals surface area contributed by atoms with Gasteiger partial charge in [-0.1, -0.05) is 24.3 Å². The molecule has 3 nitrogen and oxygen atoms in total. The molecular weight excluding hydrogens is 236 g/mol. The summed E-state index contributed by atoms with van der Waals surface area (Å²) in [7, 11) is 2.05. The second-order valence-electron chi connectivity index (χ2n) is 5.36. The van der Waals surface area contributed by atoms with Gasteiger partial charge in [-0.2, -0.15) is 0 Å². The SMILES string of the molecule is Cn1cccc1CN[C@@]1(CO)CCc2ccccc21. The van der Waals surface area contributed by atoms with Gasteiger partial charge in [0.25, 0.3) is 0 Å². The first kappa shape index (κ1) is 12.5. The van der Waals surface area contributed by atoms with Gasteiger partial charge in [0, 0.05) is 25.5 Å². The number of hydrogen-bond acceptors (Lipinski definition) is 2. The van der Waals surface area contributed by atoms with Crippen LogP contribution in [-0.2, 0) is 25.6 Å². The maximum atomic E-state index is 9.89. The monoisotopic (exact) mass is 256 g/mol. The average molecular weight is 256 g/mol. The summed E-state index contributed by atoms with van der Waals surface area (Å²) in [5.41, 5.74) is 3.57. The summed E-state index contributed by atoms with van der Waals surface area (Å²) in [5.74, 6) is 0. The van der Waals surface area contributed by atoms with Crippen LogP contribution in [0.25, 0.3) is 0 Å². The van der Waals surface area contributed by atoms with Gasteiger partial charge in [0.05, 0.1) is 12.1 Å². The van der Waals surface area contributed by atoms with Gasteiger partial charge < -0.3 is 9.67 Å². The summed E-state index contributed by atoms with van der Waals surface area (Å²) in [6.45, 7) is 0.923. The fourth-order valence-electron chi connectivity index (χ4n) is 3.03. The van der Waals surface area contributed by atoms with Crippen LogP contribution >= 0.6 is 0 Å². The maximum Gasteiger partial charge on any atom is 0.0678 e. The van der Waals surface area contributed by atoms with E-state index in [0.29, 0.717) is 0 Å². The Morgan fingerprint density at radius 3 is 2.84 bits per heavy atom. The molecule has 1 atom stereocenters. The van der Waals surface area contributed by atoms with E-state index >= 15 is 0 Å². The minimum Gasteiger partial charge on any atom is -0.394 e. The summed E-state index contributed by atoms with van der Waals surface area (Å²) in [6, 6.07) is 12.6. The van der Waals surface area contributed by atoms with Crippen LogP contribution in [0.4, 0.5) is 0 Å². The highest BCUT2D eigenvalue weighted by Crippen LogP contribution is 2.36. The molecule has 1 aliphatic rings. The largest absolute Gasteiger partial charge is 0.394 e. The lowest BCUT2D eigenvalue weighted by atomic mass is 9.92. The Bertz CT molecular complexity index is 576. The zero-order valence-electron chi connectivity index (χ0n) is 11.3. The second-order valence-corrected chi connectivity index (χ2v) is 5.36. The Morgan fingerprint density at radius 2 is 2.11 bits per heavy atom. The molecule has 0 amide bonds. The fraction of sp³-hybridized carbons (Fsp3) is 0.375. The van der Waals surface area contributed by atoms with Crippen LogP contribution in [0, 0.1) is 0 Å². The third-order valence-electron chi connectivity index (χ3n) is 4.28. The molecular formula is C16H20N2O. The Kier molecular flexibility index (Phi) is 3.17. The summed E-state index contributed by atoms with van der Waals surface area (Å²) in [4.78, 5) is 0. The molecule has 0 spiro atoms. The van der Waals surface area contributed by atoms with Gasteiger partial charge in [-0.3, -0.25) is 5.32 Å². The van der Waals surface area contributed by atoms with Gasteiger partial charge in [0.1, 0.15) is 0 Å². The minimum atomic E-state index is -0.277. The summed E-state index contributed by atoms with van der Waals surface area (Å²) < 4.78 is 2.11. The van der Waals surface area contributed by atoms with Crippen molar-refractivity contribution in [3.05, 3.63) is 59.4 Å². The van der Waals surface area contributed by atoms with E-state index in [1.807, 2.05) is 19.3 Å². The van der Waals surface area contributed by atoms with Crippen LogP contribution in [0.5, 0.6) is 0 Å². The van der Waals surface area contributed by atoms with Gasteiger partial charge in [-0.25, -0.2) is 0 Å². The van der Waals surface area contributed by atoms with Crippen LogP contribution in [0.3, 0.4) is 0 Å². The van der Waals surface area contributed by atoms with Gasteiger partial charge in [-0.15, -0.1) is 0 Å². The molecule has 100 valence electrons. The predicted octanol–water partition coefficient (Wildman–Crippen LogP) is 1.95. The third kappa shape index (κ3) is 2.09. The molecule has 1 heterocycles. The molecule has 19 heavy (non-hydrogen) atoms. The summed E-state index contributed by atoms with van der Waals surface area (Å²) in [6.07, 6.45) is 4.05. The van der Waals surface area contributed by atoms with E-state index in [4.69, 9.17) is 0 Å². The lowest BCUT2D eigenvalue weighted by Gasteiger charge is -2.30. The molecule has 2 N–H and O–H groups in total. The first-order valence-electron chi connectivity index (χ1n) is 6.80. The molecule has 1 aliphatic carbocycles. The number of nitrogens with one attached hydrogen (secondary N) is 1. The quantitative estimate of drug-likeness (QED) is 0.877. The van der Waals surface area contributed by atoms with Crippen LogP contribution in [-0.4, -0.2) is 16.3 Å². The topological polar surface area (TPSA) is 37.2 Å². The van der Waals surface area contributed by atoms with E-state index in [2.05, 4.69) is 40.2 Å². The van der Waals surface area contributed by atoms with E-state index in [1.54, 1.807) is 0 Å².